The second kappa shape index (κ2) is 3.18. The van der Waals surface area contributed by atoms with E-state index in [1.807, 2.05) is 0 Å². The summed E-state index contributed by atoms with van der Waals surface area (Å²) in [6.45, 7) is 0.804. The van der Waals surface area contributed by atoms with E-state index in [1.165, 1.54) is 0 Å². The van der Waals surface area contributed by atoms with Crippen LogP contribution in [0.2, 0.25) is 0 Å². The highest BCUT2D eigenvalue weighted by Crippen LogP contribution is 2.44. The van der Waals surface area contributed by atoms with Gasteiger partial charge in [-0.25, -0.2) is 4.79 Å². The first-order valence-corrected chi connectivity index (χ1v) is 4.89. The van der Waals surface area contributed by atoms with E-state index in [1.54, 1.807) is 0 Å². The van der Waals surface area contributed by atoms with Crippen LogP contribution in [-0.2, 0) is 0 Å². The molecule has 2 aliphatic carbocycles. The van der Waals surface area contributed by atoms with E-state index in [-0.39, 0.29) is 18.1 Å². The van der Waals surface area contributed by atoms with Crippen molar-refractivity contribution >= 4 is 6.03 Å². The van der Waals surface area contributed by atoms with Gasteiger partial charge >= 0.3 is 6.03 Å². The summed E-state index contributed by atoms with van der Waals surface area (Å²) in [6.07, 6.45) is 4.29. The molecule has 4 heteroatoms. The molecule has 0 atom stereocenters. The molecule has 0 heterocycles. The van der Waals surface area contributed by atoms with Gasteiger partial charge in [0.1, 0.15) is 0 Å². The third-order valence-electron chi connectivity index (χ3n) is 2.83. The lowest BCUT2D eigenvalue weighted by molar-refractivity contribution is 0.203. The predicted octanol–water partition coefficient (Wildman–Crippen LogP) is 0.220. The Bertz CT molecular complexity index is 210. The number of aliphatic hydroxyl groups is 1. The Hall–Kier alpha value is -0.770. The SMILES string of the molecule is O=C(NCC1(CO)CC1)NC1CC1. The zero-order chi connectivity index (χ0) is 9.31. The molecule has 74 valence electrons. The van der Waals surface area contributed by atoms with Crippen molar-refractivity contribution in [1.82, 2.24) is 10.6 Å². The van der Waals surface area contributed by atoms with Gasteiger partial charge in [-0.05, 0) is 25.7 Å². The second-order valence-electron chi connectivity index (χ2n) is 4.26. The van der Waals surface area contributed by atoms with Gasteiger partial charge in [0.15, 0.2) is 0 Å². The maximum atomic E-state index is 11.2. The Morgan fingerprint density at radius 2 is 2.15 bits per heavy atom. The van der Waals surface area contributed by atoms with Crippen LogP contribution in [0.4, 0.5) is 4.79 Å². The number of urea groups is 1. The van der Waals surface area contributed by atoms with Gasteiger partial charge in [0.05, 0.1) is 6.61 Å². The fraction of sp³-hybridized carbons (Fsp3) is 0.889. The minimum absolute atomic E-state index is 0.0148. The molecule has 2 rings (SSSR count). The average Bonchev–Trinajstić information content (AvgIpc) is 2.98. The van der Waals surface area contributed by atoms with Crippen LogP contribution in [0.5, 0.6) is 0 Å². The topological polar surface area (TPSA) is 61.4 Å². The lowest BCUT2D eigenvalue weighted by atomic mass is 10.1. The Kier molecular flexibility index (Phi) is 2.15. The molecule has 2 amide bonds. The third kappa shape index (κ3) is 2.34. The molecule has 2 fully saturated rings. The first-order valence-electron chi connectivity index (χ1n) is 4.89. The van der Waals surface area contributed by atoms with Gasteiger partial charge in [-0.2, -0.15) is 0 Å². The summed E-state index contributed by atoms with van der Waals surface area (Å²) in [5.41, 5.74) is 0.0148. The summed E-state index contributed by atoms with van der Waals surface area (Å²) in [7, 11) is 0. The summed E-state index contributed by atoms with van der Waals surface area (Å²) in [5, 5.41) is 14.6. The lowest BCUT2D eigenvalue weighted by Crippen LogP contribution is -2.40. The number of carbonyl (C=O) groups excluding carboxylic acids is 1. The molecule has 0 bridgehead atoms. The molecule has 0 radical (unpaired) electrons. The molecule has 0 saturated heterocycles. The minimum atomic E-state index is -0.0813. The monoisotopic (exact) mass is 184 g/mol. The highest BCUT2D eigenvalue weighted by molar-refractivity contribution is 5.74. The molecule has 2 aliphatic rings. The molecular formula is C9H16N2O2. The predicted molar refractivity (Wildman–Crippen MR) is 48.3 cm³/mol. The van der Waals surface area contributed by atoms with Crippen LogP contribution in [0.3, 0.4) is 0 Å². The summed E-state index contributed by atoms with van der Waals surface area (Å²) >= 11 is 0. The number of carbonyl (C=O) groups is 1. The van der Waals surface area contributed by atoms with Crippen molar-refractivity contribution in [2.45, 2.75) is 31.7 Å². The Morgan fingerprint density at radius 3 is 2.62 bits per heavy atom. The van der Waals surface area contributed by atoms with Gasteiger partial charge in [-0.1, -0.05) is 0 Å². The second-order valence-corrected chi connectivity index (χ2v) is 4.26. The smallest absolute Gasteiger partial charge is 0.315 e. The Morgan fingerprint density at radius 1 is 1.46 bits per heavy atom. The Balaban J connectivity index is 1.63. The van der Waals surface area contributed by atoms with Crippen LogP contribution in [0.15, 0.2) is 0 Å². The van der Waals surface area contributed by atoms with E-state index in [0.717, 1.165) is 25.7 Å². The van der Waals surface area contributed by atoms with Crippen LogP contribution in [-0.4, -0.2) is 30.3 Å². The number of hydrogen-bond acceptors (Lipinski definition) is 2. The van der Waals surface area contributed by atoms with E-state index in [9.17, 15) is 4.79 Å². The van der Waals surface area contributed by atoms with Crippen molar-refractivity contribution in [2.24, 2.45) is 5.41 Å². The number of aliphatic hydroxyl groups excluding tert-OH is 1. The standard InChI is InChI=1S/C9H16N2O2/c12-6-9(3-4-9)5-10-8(13)11-7-1-2-7/h7,12H,1-6H2,(H2,10,11,13). The van der Waals surface area contributed by atoms with Gasteiger partial charge in [-0.3, -0.25) is 0 Å². The molecular weight excluding hydrogens is 168 g/mol. The van der Waals surface area contributed by atoms with Crippen molar-refractivity contribution in [1.29, 1.82) is 0 Å². The maximum absolute atomic E-state index is 11.2. The lowest BCUT2D eigenvalue weighted by Gasteiger charge is -2.12. The van der Waals surface area contributed by atoms with Crippen LogP contribution >= 0.6 is 0 Å². The molecule has 2 saturated carbocycles. The van der Waals surface area contributed by atoms with E-state index < -0.39 is 0 Å². The summed E-state index contributed by atoms with van der Waals surface area (Å²) < 4.78 is 0. The van der Waals surface area contributed by atoms with Gasteiger partial charge in [0.25, 0.3) is 0 Å². The molecule has 0 aromatic heterocycles. The first kappa shape index (κ1) is 8.81. The van der Waals surface area contributed by atoms with Crippen molar-refractivity contribution in [3.8, 4) is 0 Å². The fourth-order valence-corrected chi connectivity index (χ4v) is 1.30. The molecule has 0 spiro atoms. The molecule has 0 unspecified atom stereocenters. The van der Waals surface area contributed by atoms with Gasteiger partial charge in [-0.15, -0.1) is 0 Å². The molecule has 0 aliphatic heterocycles. The van der Waals surface area contributed by atoms with Crippen molar-refractivity contribution in [3.63, 3.8) is 0 Å². The van der Waals surface area contributed by atoms with Crippen molar-refractivity contribution in [3.05, 3.63) is 0 Å². The van der Waals surface area contributed by atoms with Crippen LogP contribution in [0.1, 0.15) is 25.7 Å². The number of amides is 2. The Labute approximate surface area is 77.7 Å². The molecule has 13 heavy (non-hydrogen) atoms. The number of hydrogen-bond donors (Lipinski definition) is 3. The molecule has 4 nitrogen and oxygen atoms in total. The van der Waals surface area contributed by atoms with E-state index in [4.69, 9.17) is 5.11 Å². The first-order chi connectivity index (χ1) is 6.24. The number of rotatable bonds is 4. The molecule has 3 N–H and O–H groups in total. The average molecular weight is 184 g/mol. The van der Waals surface area contributed by atoms with E-state index >= 15 is 0 Å². The zero-order valence-electron chi connectivity index (χ0n) is 7.68. The van der Waals surface area contributed by atoms with Crippen molar-refractivity contribution in [2.75, 3.05) is 13.2 Å². The van der Waals surface area contributed by atoms with E-state index in [2.05, 4.69) is 10.6 Å². The van der Waals surface area contributed by atoms with Gasteiger partial charge in [0, 0.05) is 18.0 Å². The van der Waals surface area contributed by atoms with Crippen LogP contribution in [0, 0.1) is 5.41 Å². The summed E-state index contributed by atoms with van der Waals surface area (Å²) in [6, 6.07) is 0.325. The van der Waals surface area contributed by atoms with Crippen molar-refractivity contribution < 1.29 is 9.90 Å². The fourth-order valence-electron chi connectivity index (χ4n) is 1.30. The highest BCUT2D eigenvalue weighted by atomic mass is 16.3. The minimum Gasteiger partial charge on any atom is -0.396 e. The van der Waals surface area contributed by atoms with Gasteiger partial charge in [0.2, 0.25) is 0 Å². The summed E-state index contributed by atoms with van der Waals surface area (Å²) in [4.78, 5) is 11.2. The maximum Gasteiger partial charge on any atom is 0.315 e. The highest BCUT2D eigenvalue weighted by Gasteiger charge is 2.42. The van der Waals surface area contributed by atoms with Crippen LogP contribution < -0.4 is 10.6 Å². The van der Waals surface area contributed by atoms with E-state index in [0.29, 0.717) is 12.6 Å². The van der Waals surface area contributed by atoms with Crippen LogP contribution in [0.25, 0.3) is 0 Å². The largest absolute Gasteiger partial charge is 0.396 e. The summed E-state index contributed by atoms with van der Waals surface area (Å²) in [5.74, 6) is 0. The molecule has 0 aromatic rings. The normalized spacial score (nSPS) is 23.8. The third-order valence-corrected chi connectivity index (χ3v) is 2.83. The molecule has 0 aromatic carbocycles. The zero-order valence-corrected chi connectivity index (χ0v) is 7.68. The van der Waals surface area contributed by atoms with Gasteiger partial charge < -0.3 is 15.7 Å². The quantitative estimate of drug-likeness (QED) is 0.585. The number of nitrogens with one attached hydrogen (secondary N) is 2.